The van der Waals surface area contributed by atoms with Crippen LogP contribution in [0.1, 0.15) is 66.2 Å². The van der Waals surface area contributed by atoms with Crippen LogP contribution in [0.2, 0.25) is 0 Å². The third-order valence-electron chi connectivity index (χ3n) is 7.78. The summed E-state index contributed by atoms with van der Waals surface area (Å²) in [7, 11) is 1.34. The van der Waals surface area contributed by atoms with E-state index in [1.165, 1.54) is 31.1 Å². The number of aryl methyl sites for hydroxylation is 1. The number of aliphatic hydroxyl groups is 1. The number of aliphatic hydroxyl groups excluding tert-OH is 1. The van der Waals surface area contributed by atoms with Gasteiger partial charge in [-0.2, -0.15) is 39.5 Å². The molecule has 3 rings (SSSR count). The Morgan fingerprint density at radius 3 is 1.92 bits per heavy atom. The highest BCUT2D eigenvalue weighted by molar-refractivity contribution is 5.76. The monoisotopic (exact) mass is 695 g/mol. The van der Waals surface area contributed by atoms with Crippen LogP contribution in [0.4, 0.5) is 39.5 Å². The fourth-order valence-electron chi connectivity index (χ4n) is 5.16. The van der Waals surface area contributed by atoms with Crippen molar-refractivity contribution in [1.29, 1.82) is 0 Å². The second-order valence-electron chi connectivity index (χ2n) is 11.1. The summed E-state index contributed by atoms with van der Waals surface area (Å²) in [6.07, 6.45) is -16.9. The topological polar surface area (TPSA) is 79.2 Å². The Kier molecular flexibility index (Phi) is 12.1. The van der Waals surface area contributed by atoms with E-state index >= 15 is 0 Å². The quantitative estimate of drug-likeness (QED) is 0.137. The molecule has 0 saturated carbocycles. The molecule has 15 heteroatoms. The number of hydrogen-bond donors (Lipinski definition) is 2. The lowest BCUT2D eigenvalue weighted by Gasteiger charge is -2.33. The smallest absolute Gasteiger partial charge is 0.416 e. The number of nitrogens with zero attached hydrogens (tertiary/aromatic N) is 1. The van der Waals surface area contributed by atoms with Gasteiger partial charge in [0.1, 0.15) is 11.5 Å². The summed E-state index contributed by atoms with van der Waals surface area (Å²) in [5.41, 5.74) is -3.73. The molecule has 0 heterocycles. The molecule has 264 valence electrons. The molecule has 0 aromatic heterocycles. The number of halogens is 9. The van der Waals surface area contributed by atoms with Gasteiger partial charge in [0.15, 0.2) is 0 Å². The normalized spacial score (nSPS) is 13.8. The van der Waals surface area contributed by atoms with E-state index in [4.69, 9.17) is 14.6 Å². The van der Waals surface area contributed by atoms with Crippen LogP contribution < -0.4 is 9.47 Å². The van der Waals surface area contributed by atoms with Crippen LogP contribution in [0.25, 0.3) is 11.1 Å². The minimum Gasteiger partial charge on any atom is -0.496 e. The molecule has 0 saturated heterocycles. The highest BCUT2D eigenvalue weighted by Crippen LogP contribution is 2.42. The van der Waals surface area contributed by atoms with Crippen LogP contribution in [-0.2, 0) is 29.9 Å². The molecular formula is C33H34F9NO5. The number of alkyl halides is 9. The molecule has 2 atom stereocenters. The molecule has 0 aliphatic carbocycles. The van der Waals surface area contributed by atoms with Crippen LogP contribution in [0, 0.1) is 6.92 Å². The van der Waals surface area contributed by atoms with E-state index in [0.717, 1.165) is 12.1 Å². The second kappa shape index (κ2) is 15.1. The lowest BCUT2D eigenvalue weighted by molar-refractivity contribution is -0.143. The zero-order chi connectivity index (χ0) is 36.2. The summed E-state index contributed by atoms with van der Waals surface area (Å²) in [4.78, 5) is 12.3. The van der Waals surface area contributed by atoms with Crippen molar-refractivity contribution in [3.63, 3.8) is 0 Å². The maximum absolute atomic E-state index is 13.9. The lowest BCUT2D eigenvalue weighted by Crippen LogP contribution is -2.37. The largest absolute Gasteiger partial charge is 0.496 e. The van der Waals surface area contributed by atoms with Crippen LogP contribution >= 0.6 is 0 Å². The van der Waals surface area contributed by atoms with Crippen molar-refractivity contribution in [2.45, 2.75) is 70.8 Å². The molecule has 0 amide bonds. The molecule has 0 aliphatic rings. The molecule has 48 heavy (non-hydrogen) atoms. The fraction of sp³-hybridized carbons (Fsp3) is 0.424. The van der Waals surface area contributed by atoms with E-state index in [2.05, 4.69) is 0 Å². The van der Waals surface area contributed by atoms with E-state index in [1.807, 2.05) is 0 Å². The number of aliphatic carboxylic acids is 1. The Balaban J connectivity index is 2.09. The molecule has 3 aromatic rings. The minimum atomic E-state index is -5.15. The Morgan fingerprint density at radius 2 is 1.42 bits per heavy atom. The van der Waals surface area contributed by atoms with Gasteiger partial charge in [-0.3, -0.25) is 9.69 Å². The van der Waals surface area contributed by atoms with Gasteiger partial charge in [-0.05, 0) is 91.5 Å². The van der Waals surface area contributed by atoms with Crippen molar-refractivity contribution in [3.8, 4) is 22.6 Å². The number of benzene rings is 3. The first-order chi connectivity index (χ1) is 22.2. The van der Waals surface area contributed by atoms with Crippen LogP contribution in [0.3, 0.4) is 0 Å². The average Bonchev–Trinajstić information content (AvgIpc) is 3.00. The first-order valence-electron chi connectivity index (χ1n) is 14.6. The van der Waals surface area contributed by atoms with Crippen molar-refractivity contribution in [2.75, 3.05) is 20.3 Å². The van der Waals surface area contributed by atoms with Crippen molar-refractivity contribution < 1.29 is 64.0 Å². The summed E-state index contributed by atoms with van der Waals surface area (Å²) >= 11 is 0. The third-order valence-corrected chi connectivity index (χ3v) is 7.78. The molecule has 3 aromatic carbocycles. The van der Waals surface area contributed by atoms with Gasteiger partial charge in [-0.25, -0.2) is 0 Å². The van der Waals surface area contributed by atoms with Gasteiger partial charge in [0, 0.05) is 24.6 Å². The van der Waals surface area contributed by atoms with Crippen LogP contribution in [0.15, 0.2) is 48.5 Å². The van der Waals surface area contributed by atoms with Crippen molar-refractivity contribution in [2.24, 2.45) is 0 Å². The lowest BCUT2D eigenvalue weighted by atomic mass is 9.93. The molecule has 0 bridgehead atoms. The number of carboxylic acids is 1. The first kappa shape index (κ1) is 38.5. The van der Waals surface area contributed by atoms with Crippen molar-refractivity contribution >= 4 is 5.97 Å². The maximum Gasteiger partial charge on any atom is 0.416 e. The maximum atomic E-state index is 13.9. The third kappa shape index (κ3) is 9.56. The molecule has 0 radical (unpaired) electrons. The highest BCUT2D eigenvalue weighted by Gasteiger charge is 2.38. The number of likely N-dealkylation sites (N-methyl/N-ethyl adjacent to an activating group) is 1. The number of carboxylic acid groups (broad SMARTS) is 1. The molecule has 0 fully saturated rings. The SMILES string of the molecule is CCN(Cc1cc(C(F)(F)F)ccc1-c1cc(OCCCC(=O)O)c(C)cc1OC)[C@@H](C)[C@H](O)c1cc(C(F)(F)F)cc(C(F)(F)F)c1. The Morgan fingerprint density at radius 1 is 0.833 bits per heavy atom. The summed E-state index contributed by atoms with van der Waals surface area (Å²) in [6, 6.07) is 5.62. The molecular weight excluding hydrogens is 661 g/mol. The first-order valence-corrected chi connectivity index (χ1v) is 14.6. The number of ether oxygens (including phenoxy) is 2. The Labute approximate surface area is 270 Å². The summed E-state index contributed by atoms with van der Waals surface area (Å²) in [6.45, 7) is 4.34. The van der Waals surface area contributed by atoms with Gasteiger partial charge in [-0.15, -0.1) is 0 Å². The summed E-state index contributed by atoms with van der Waals surface area (Å²) < 4.78 is 134. The van der Waals surface area contributed by atoms with Crippen LogP contribution in [0.5, 0.6) is 11.5 Å². The molecule has 2 N–H and O–H groups in total. The van der Waals surface area contributed by atoms with Gasteiger partial charge in [0.05, 0.1) is 36.5 Å². The number of hydrogen-bond acceptors (Lipinski definition) is 5. The predicted molar refractivity (Wildman–Crippen MR) is 157 cm³/mol. The summed E-state index contributed by atoms with van der Waals surface area (Å²) in [5.74, 6) is -0.455. The van der Waals surface area contributed by atoms with Gasteiger partial charge < -0.3 is 19.7 Å². The van der Waals surface area contributed by atoms with Gasteiger partial charge >= 0.3 is 24.5 Å². The van der Waals surface area contributed by atoms with Gasteiger partial charge in [-0.1, -0.05) is 13.0 Å². The second-order valence-corrected chi connectivity index (χ2v) is 11.1. The number of rotatable bonds is 13. The zero-order valence-corrected chi connectivity index (χ0v) is 26.3. The fourth-order valence-corrected chi connectivity index (χ4v) is 5.16. The summed E-state index contributed by atoms with van der Waals surface area (Å²) in [5, 5.41) is 20.0. The van der Waals surface area contributed by atoms with E-state index in [9.17, 15) is 49.4 Å². The van der Waals surface area contributed by atoms with Crippen LogP contribution in [-0.4, -0.2) is 47.4 Å². The number of methoxy groups -OCH3 is 1. The average molecular weight is 696 g/mol. The van der Waals surface area contributed by atoms with Crippen molar-refractivity contribution in [3.05, 3.63) is 81.9 Å². The van der Waals surface area contributed by atoms with Gasteiger partial charge in [0.25, 0.3) is 0 Å². The van der Waals surface area contributed by atoms with E-state index in [1.54, 1.807) is 19.9 Å². The Hall–Kier alpha value is -3.98. The number of carbonyl (C=O) groups is 1. The van der Waals surface area contributed by atoms with E-state index in [-0.39, 0.29) is 55.5 Å². The minimum absolute atomic E-state index is 0.0297. The van der Waals surface area contributed by atoms with Gasteiger partial charge in [0.2, 0.25) is 0 Å². The van der Waals surface area contributed by atoms with Crippen molar-refractivity contribution in [1.82, 2.24) is 4.90 Å². The van der Waals surface area contributed by atoms with E-state index < -0.39 is 58.9 Å². The van der Waals surface area contributed by atoms with E-state index in [0.29, 0.717) is 29.0 Å². The molecule has 6 nitrogen and oxygen atoms in total. The Bertz CT molecular complexity index is 1550. The zero-order valence-electron chi connectivity index (χ0n) is 26.3. The molecule has 0 aliphatic heterocycles. The molecule has 0 spiro atoms. The molecule has 0 unspecified atom stereocenters. The highest BCUT2D eigenvalue weighted by atomic mass is 19.4. The predicted octanol–water partition coefficient (Wildman–Crippen LogP) is 8.91. The standard InChI is InChI=1S/C33H34F9NO5/c1-5-43(19(3)30(46)20-12-23(32(37,38)39)15-24(13-20)33(40,41)42)17-21-14-22(31(34,35)36)8-9-25(21)26-16-27(18(2)11-28(26)47-4)48-10-6-7-29(44)45/h8-9,11-16,19,30,46H,5-7,10,17H2,1-4H3,(H,44,45)/t19-,30-/m0/s1.